The monoisotopic (exact) mass is 149 g/mol. The van der Waals surface area contributed by atoms with E-state index in [4.69, 9.17) is 5.26 Å². The lowest BCUT2D eigenvalue weighted by Gasteiger charge is -2.01. The van der Waals surface area contributed by atoms with Crippen molar-refractivity contribution in [1.82, 2.24) is 0 Å². The molecule has 0 saturated heterocycles. The van der Waals surface area contributed by atoms with Crippen LogP contribution in [-0.4, -0.2) is 5.26 Å². The fourth-order valence-electron chi connectivity index (χ4n) is 0.845. The van der Waals surface area contributed by atoms with Crippen LogP contribution in [0, 0.1) is 6.07 Å². The zero-order valence-electron chi connectivity index (χ0n) is 6.08. The molecule has 0 heterocycles. The van der Waals surface area contributed by atoms with Gasteiger partial charge < -0.3 is 4.89 Å². The van der Waals surface area contributed by atoms with Crippen LogP contribution in [0.1, 0.15) is 5.56 Å². The van der Waals surface area contributed by atoms with Gasteiger partial charge in [0.25, 0.3) is 0 Å². The van der Waals surface area contributed by atoms with E-state index < -0.39 is 0 Å². The summed E-state index contributed by atoms with van der Waals surface area (Å²) < 4.78 is 0. The van der Waals surface area contributed by atoms with Crippen LogP contribution in [0.15, 0.2) is 30.9 Å². The lowest BCUT2D eigenvalue weighted by Crippen LogP contribution is -1.90. The summed E-state index contributed by atoms with van der Waals surface area (Å²) in [5.74, 6) is 0.437. The summed E-state index contributed by atoms with van der Waals surface area (Å²) in [7, 11) is 0. The van der Waals surface area contributed by atoms with Gasteiger partial charge in [-0.05, 0) is 18.6 Å². The second-order valence-corrected chi connectivity index (χ2v) is 2.10. The van der Waals surface area contributed by atoms with Crippen molar-refractivity contribution in [2.24, 2.45) is 0 Å². The molecule has 0 aliphatic rings. The zero-order chi connectivity index (χ0) is 8.10. The third-order valence-electron chi connectivity index (χ3n) is 1.35. The largest absolute Gasteiger partial charge is 0.340 e. The molecule has 0 atom stereocenters. The normalized spacial score (nSPS) is 9.18. The van der Waals surface area contributed by atoms with E-state index in [1.54, 1.807) is 24.3 Å². The fraction of sp³-hybridized carbons (Fsp3) is 0.111. The minimum absolute atomic E-state index is 0.437. The van der Waals surface area contributed by atoms with Gasteiger partial charge in [-0.25, -0.2) is 5.26 Å². The maximum atomic E-state index is 8.39. The van der Waals surface area contributed by atoms with Gasteiger partial charge in [-0.3, -0.25) is 0 Å². The van der Waals surface area contributed by atoms with E-state index in [0.717, 1.165) is 5.56 Å². The van der Waals surface area contributed by atoms with Gasteiger partial charge in [0.2, 0.25) is 0 Å². The highest BCUT2D eigenvalue weighted by Gasteiger charge is 1.99. The Morgan fingerprint density at radius 3 is 3.18 bits per heavy atom. The van der Waals surface area contributed by atoms with E-state index in [2.05, 4.69) is 17.5 Å². The fourth-order valence-corrected chi connectivity index (χ4v) is 0.845. The molecule has 1 N–H and O–H groups in total. The molecule has 2 heteroatoms. The van der Waals surface area contributed by atoms with Crippen molar-refractivity contribution in [3.63, 3.8) is 0 Å². The van der Waals surface area contributed by atoms with Crippen LogP contribution in [0.2, 0.25) is 0 Å². The van der Waals surface area contributed by atoms with Crippen molar-refractivity contribution < 1.29 is 10.1 Å². The topological polar surface area (TPSA) is 29.5 Å². The quantitative estimate of drug-likeness (QED) is 0.405. The highest BCUT2D eigenvalue weighted by atomic mass is 17.1. The van der Waals surface area contributed by atoms with Crippen molar-refractivity contribution in [1.29, 1.82) is 0 Å². The molecule has 0 amide bonds. The number of benzene rings is 1. The van der Waals surface area contributed by atoms with Crippen LogP contribution in [0.4, 0.5) is 0 Å². The van der Waals surface area contributed by atoms with Crippen molar-refractivity contribution in [3.8, 4) is 5.75 Å². The molecule has 11 heavy (non-hydrogen) atoms. The second-order valence-electron chi connectivity index (χ2n) is 2.10. The first-order valence-corrected chi connectivity index (χ1v) is 3.30. The van der Waals surface area contributed by atoms with Crippen molar-refractivity contribution in [2.45, 2.75) is 6.42 Å². The molecule has 0 spiro atoms. The summed E-state index contributed by atoms with van der Waals surface area (Å²) >= 11 is 0. The summed E-state index contributed by atoms with van der Waals surface area (Å²) in [5, 5.41) is 8.39. The maximum absolute atomic E-state index is 8.39. The molecule has 0 saturated carbocycles. The van der Waals surface area contributed by atoms with E-state index in [1.807, 2.05) is 0 Å². The Morgan fingerprint density at radius 1 is 1.73 bits per heavy atom. The number of allylic oxidation sites excluding steroid dienone is 1. The third-order valence-corrected chi connectivity index (χ3v) is 1.35. The van der Waals surface area contributed by atoms with E-state index in [-0.39, 0.29) is 0 Å². The van der Waals surface area contributed by atoms with Gasteiger partial charge in [-0.2, -0.15) is 0 Å². The van der Waals surface area contributed by atoms with Gasteiger partial charge in [0.1, 0.15) is 0 Å². The maximum Gasteiger partial charge on any atom is 0.169 e. The van der Waals surface area contributed by atoms with Gasteiger partial charge in [-0.15, -0.1) is 6.58 Å². The smallest absolute Gasteiger partial charge is 0.169 e. The van der Waals surface area contributed by atoms with Crippen LogP contribution in [0.5, 0.6) is 5.75 Å². The minimum atomic E-state index is 0.437. The van der Waals surface area contributed by atoms with Crippen LogP contribution in [-0.2, 0) is 6.42 Å². The van der Waals surface area contributed by atoms with Crippen molar-refractivity contribution in [3.05, 3.63) is 42.5 Å². The van der Waals surface area contributed by atoms with E-state index >= 15 is 0 Å². The molecule has 1 aromatic rings. The molecular weight excluding hydrogens is 140 g/mol. The van der Waals surface area contributed by atoms with Gasteiger partial charge in [-0.1, -0.05) is 18.2 Å². The van der Waals surface area contributed by atoms with Crippen molar-refractivity contribution >= 4 is 0 Å². The van der Waals surface area contributed by atoms with E-state index in [9.17, 15) is 0 Å². The zero-order valence-corrected chi connectivity index (χ0v) is 6.08. The molecule has 57 valence electrons. The molecule has 0 unspecified atom stereocenters. The van der Waals surface area contributed by atoms with Gasteiger partial charge >= 0.3 is 0 Å². The molecule has 1 aromatic carbocycles. The highest BCUT2D eigenvalue weighted by Crippen LogP contribution is 2.16. The Kier molecular flexibility index (Phi) is 2.69. The summed E-state index contributed by atoms with van der Waals surface area (Å²) in [5.41, 5.74) is 0.810. The Balaban J connectivity index is 2.92. The summed E-state index contributed by atoms with van der Waals surface area (Å²) in [6, 6.07) is 8.12. The first kappa shape index (κ1) is 7.82. The molecule has 1 radical (unpaired) electrons. The standard InChI is InChI=1S/C9H9O2/c1-2-5-8-6-3-4-7-9(8)11-10/h2-4,7,10H,1,5H2. The molecular formula is C9H9O2. The number of hydrogen-bond acceptors (Lipinski definition) is 2. The molecule has 0 aliphatic heterocycles. The molecule has 0 aromatic heterocycles. The predicted molar refractivity (Wildman–Crippen MR) is 42.4 cm³/mol. The SMILES string of the molecule is C=CCc1[c]cccc1OO. The first-order valence-electron chi connectivity index (χ1n) is 3.30. The molecule has 1 rings (SSSR count). The average molecular weight is 149 g/mol. The minimum Gasteiger partial charge on any atom is -0.340 e. The summed E-state index contributed by atoms with van der Waals surface area (Å²) in [6.45, 7) is 3.57. The Hall–Kier alpha value is -1.28. The molecule has 2 nitrogen and oxygen atoms in total. The summed E-state index contributed by atoms with van der Waals surface area (Å²) in [6.07, 6.45) is 2.38. The predicted octanol–water partition coefficient (Wildman–Crippen LogP) is 2.07. The van der Waals surface area contributed by atoms with Gasteiger partial charge in [0, 0.05) is 5.56 Å². The van der Waals surface area contributed by atoms with Crippen LogP contribution in [0.3, 0.4) is 0 Å². The van der Waals surface area contributed by atoms with Crippen LogP contribution >= 0.6 is 0 Å². The van der Waals surface area contributed by atoms with Gasteiger partial charge in [0.05, 0.1) is 0 Å². The average Bonchev–Trinajstić information content (AvgIpc) is 2.06. The lowest BCUT2D eigenvalue weighted by molar-refractivity contribution is -0.138. The Bertz CT molecular complexity index is 243. The lowest BCUT2D eigenvalue weighted by atomic mass is 10.1. The molecule has 0 fully saturated rings. The van der Waals surface area contributed by atoms with Crippen LogP contribution < -0.4 is 4.89 Å². The van der Waals surface area contributed by atoms with Crippen molar-refractivity contribution in [2.75, 3.05) is 0 Å². The van der Waals surface area contributed by atoms with Gasteiger partial charge in [0.15, 0.2) is 5.75 Å². The van der Waals surface area contributed by atoms with E-state index in [0.29, 0.717) is 12.2 Å². The summed E-state index contributed by atoms with van der Waals surface area (Å²) in [4.78, 5) is 4.12. The third kappa shape index (κ3) is 1.82. The molecule has 0 bridgehead atoms. The Morgan fingerprint density at radius 2 is 2.55 bits per heavy atom. The Labute approximate surface area is 65.7 Å². The number of rotatable bonds is 3. The molecule has 0 aliphatic carbocycles. The second kappa shape index (κ2) is 3.78. The first-order chi connectivity index (χ1) is 5.38. The highest BCUT2D eigenvalue weighted by molar-refractivity contribution is 5.32. The van der Waals surface area contributed by atoms with Crippen LogP contribution in [0.25, 0.3) is 0 Å². The number of hydrogen-bond donors (Lipinski definition) is 1. The van der Waals surface area contributed by atoms with E-state index in [1.165, 1.54) is 0 Å².